The average molecular weight is 359 g/mol. The summed E-state index contributed by atoms with van der Waals surface area (Å²) in [6, 6.07) is 7.52. The quantitative estimate of drug-likeness (QED) is 0.779. The van der Waals surface area contributed by atoms with E-state index in [1.807, 2.05) is 24.3 Å². The molecule has 1 amide bonds. The highest BCUT2D eigenvalue weighted by Crippen LogP contribution is 2.37. The summed E-state index contributed by atoms with van der Waals surface area (Å²) in [5, 5.41) is 4.72. The van der Waals surface area contributed by atoms with Crippen molar-refractivity contribution in [3.05, 3.63) is 34.9 Å². The van der Waals surface area contributed by atoms with E-state index in [1.165, 1.54) is 32.1 Å². The van der Waals surface area contributed by atoms with Crippen LogP contribution in [0.2, 0.25) is 5.02 Å². The summed E-state index contributed by atoms with van der Waals surface area (Å²) in [5.41, 5.74) is 1.14. The smallest absolute Gasteiger partial charge is 0.224 e. The molecule has 0 saturated heterocycles. The molecular weight excluding hydrogens is 338 g/mol. The van der Waals surface area contributed by atoms with Crippen molar-refractivity contribution >= 4 is 33.4 Å². The zero-order chi connectivity index (χ0) is 14.4. The summed E-state index contributed by atoms with van der Waals surface area (Å²) < 4.78 is 0. The van der Waals surface area contributed by atoms with Gasteiger partial charge < -0.3 is 5.32 Å². The minimum atomic E-state index is 0.0593. The molecule has 1 aliphatic carbocycles. The molecule has 110 valence electrons. The molecule has 0 aliphatic heterocycles. The number of benzene rings is 1. The van der Waals surface area contributed by atoms with Crippen LogP contribution in [0.15, 0.2) is 24.3 Å². The fourth-order valence-corrected chi connectivity index (χ4v) is 3.78. The summed E-state index contributed by atoms with van der Waals surface area (Å²) in [6.45, 7) is 0.765. The van der Waals surface area contributed by atoms with Gasteiger partial charge in [-0.25, -0.2) is 0 Å². The molecule has 0 atom stereocenters. The number of carbonyl (C=O) groups is 1. The van der Waals surface area contributed by atoms with Crippen molar-refractivity contribution in [2.75, 3.05) is 11.9 Å². The van der Waals surface area contributed by atoms with Crippen LogP contribution in [0.3, 0.4) is 0 Å². The van der Waals surface area contributed by atoms with Crippen LogP contribution in [0, 0.1) is 5.41 Å². The Morgan fingerprint density at radius 2 is 1.95 bits per heavy atom. The molecule has 1 aromatic rings. The summed E-state index contributed by atoms with van der Waals surface area (Å²) in [4.78, 5) is 12.1. The summed E-state index contributed by atoms with van der Waals surface area (Å²) in [7, 11) is 0. The van der Waals surface area contributed by atoms with Crippen LogP contribution in [-0.2, 0) is 11.2 Å². The lowest BCUT2D eigenvalue weighted by Gasteiger charge is -2.35. The van der Waals surface area contributed by atoms with Gasteiger partial charge in [0, 0.05) is 16.9 Å². The monoisotopic (exact) mass is 357 g/mol. The second-order valence-electron chi connectivity index (χ2n) is 5.74. The zero-order valence-corrected chi connectivity index (χ0v) is 14.0. The van der Waals surface area contributed by atoms with Crippen LogP contribution < -0.4 is 5.32 Å². The lowest BCUT2D eigenvalue weighted by molar-refractivity contribution is -0.121. The van der Waals surface area contributed by atoms with Crippen LogP contribution in [0.25, 0.3) is 0 Å². The molecule has 1 aliphatic rings. The molecule has 0 unspecified atom stereocenters. The highest BCUT2D eigenvalue weighted by atomic mass is 79.9. The minimum Gasteiger partial charge on any atom is -0.355 e. The van der Waals surface area contributed by atoms with E-state index in [4.69, 9.17) is 11.6 Å². The topological polar surface area (TPSA) is 29.1 Å². The van der Waals surface area contributed by atoms with Gasteiger partial charge >= 0.3 is 0 Å². The molecular formula is C16H21BrClNO. The lowest BCUT2D eigenvalue weighted by atomic mass is 9.75. The number of nitrogens with one attached hydrogen (secondary N) is 1. The Bertz CT molecular complexity index is 458. The number of hydrogen-bond donors (Lipinski definition) is 1. The first-order chi connectivity index (χ1) is 9.65. The Kier molecular flexibility index (Phi) is 5.91. The lowest BCUT2D eigenvalue weighted by Crippen LogP contribution is -2.40. The Morgan fingerprint density at radius 1 is 1.25 bits per heavy atom. The molecule has 2 nitrogen and oxygen atoms in total. The Balaban J connectivity index is 1.87. The highest BCUT2D eigenvalue weighted by Gasteiger charge is 2.31. The van der Waals surface area contributed by atoms with Crippen LogP contribution in [0.4, 0.5) is 0 Å². The van der Waals surface area contributed by atoms with Crippen molar-refractivity contribution in [1.29, 1.82) is 0 Å². The molecule has 1 N–H and O–H groups in total. The minimum absolute atomic E-state index is 0.0593. The van der Waals surface area contributed by atoms with Crippen LogP contribution >= 0.6 is 27.5 Å². The van der Waals surface area contributed by atoms with Crippen molar-refractivity contribution in [3.8, 4) is 0 Å². The predicted octanol–water partition coefficient (Wildman–Crippen LogP) is 4.34. The van der Waals surface area contributed by atoms with Crippen molar-refractivity contribution in [1.82, 2.24) is 5.32 Å². The maximum Gasteiger partial charge on any atom is 0.224 e. The van der Waals surface area contributed by atoms with Gasteiger partial charge in [0.15, 0.2) is 0 Å². The van der Waals surface area contributed by atoms with Gasteiger partial charge in [0.05, 0.1) is 6.42 Å². The first-order valence-corrected chi connectivity index (χ1v) is 8.71. The zero-order valence-electron chi connectivity index (χ0n) is 11.6. The number of alkyl halides is 1. The van der Waals surface area contributed by atoms with Gasteiger partial charge in [0.25, 0.3) is 0 Å². The van der Waals surface area contributed by atoms with Crippen LogP contribution in [-0.4, -0.2) is 17.8 Å². The SMILES string of the molecule is O=C(Cc1ccccc1Cl)NCC1(CBr)CCCCC1. The molecule has 1 aromatic carbocycles. The van der Waals surface area contributed by atoms with Gasteiger partial charge in [-0.2, -0.15) is 0 Å². The van der Waals surface area contributed by atoms with Gasteiger partial charge in [0.1, 0.15) is 0 Å². The number of halogens is 2. The third kappa shape index (κ3) is 4.23. The third-order valence-corrected chi connectivity index (χ3v) is 5.73. The number of hydrogen-bond acceptors (Lipinski definition) is 1. The Hall–Kier alpha value is -0.540. The van der Waals surface area contributed by atoms with Crippen LogP contribution in [0.5, 0.6) is 0 Å². The average Bonchev–Trinajstić information content (AvgIpc) is 2.49. The molecule has 0 heterocycles. The van der Waals surface area contributed by atoms with E-state index in [2.05, 4.69) is 21.2 Å². The molecule has 0 spiro atoms. The van der Waals surface area contributed by atoms with Crippen molar-refractivity contribution in [2.24, 2.45) is 5.41 Å². The molecule has 20 heavy (non-hydrogen) atoms. The van der Waals surface area contributed by atoms with Gasteiger partial charge in [-0.3, -0.25) is 4.79 Å². The molecule has 0 radical (unpaired) electrons. The molecule has 2 rings (SSSR count). The van der Waals surface area contributed by atoms with Crippen molar-refractivity contribution in [3.63, 3.8) is 0 Å². The van der Waals surface area contributed by atoms with Gasteiger partial charge in [0.2, 0.25) is 5.91 Å². The van der Waals surface area contributed by atoms with Crippen molar-refractivity contribution < 1.29 is 4.79 Å². The van der Waals surface area contributed by atoms with E-state index >= 15 is 0 Å². The highest BCUT2D eigenvalue weighted by molar-refractivity contribution is 9.09. The number of rotatable bonds is 5. The fraction of sp³-hybridized carbons (Fsp3) is 0.562. The Labute approximate surface area is 134 Å². The van der Waals surface area contributed by atoms with E-state index in [-0.39, 0.29) is 11.3 Å². The molecule has 0 bridgehead atoms. The molecule has 4 heteroatoms. The van der Waals surface area contributed by atoms with Crippen LogP contribution in [0.1, 0.15) is 37.7 Å². The largest absolute Gasteiger partial charge is 0.355 e. The van der Waals surface area contributed by atoms with Gasteiger partial charge in [-0.15, -0.1) is 0 Å². The van der Waals surface area contributed by atoms with Gasteiger partial charge in [-0.05, 0) is 29.9 Å². The second kappa shape index (κ2) is 7.46. The second-order valence-corrected chi connectivity index (χ2v) is 6.71. The maximum atomic E-state index is 12.1. The predicted molar refractivity (Wildman–Crippen MR) is 87.5 cm³/mol. The molecule has 1 fully saturated rings. The number of amides is 1. The van der Waals surface area contributed by atoms with Gasteiger partial charge in [-0.1, -0.05) is 65.0 Å². The standard InChI is InChI=1S/C16H21BrClNO/c17-11-16(8-4-1-5-9-16)12-19-15(20)10-13-6-2-3-7-14(13)18/h2-3,6-7H,1,4-5,8-12H2,(H,19,20). The third-order valence-electron chi connectivity index (χ3n) is 4.17. The first kappa shape index (κ1) is 15.8. The summed E-state index contributed by atoms with van der Waals surface area (Å²) in [6.07, 6.45) is 6.62. The molecule has 1 saturated carbocycles. The summed E-state index contributed by atoms with van der Waals surface area (Å²) >= 11 is 9.71. The first-order valence-electron chi connectivity index (χ1n) is 7.21. The Morgan fingerprint density at radius 3 is 2.60 bits per heavy atom. The van der Waals surface area contributed by atoms with Crippen molar-refractivity contribution in [2.45, 2.75) is 38.5 Å². The van der Waals surface area contributed by atoms with E-state index < -0.39 is 0 Å². The maximum absolute atomic E-state index is 12.1. The number of carbonyl (C=O) groups excluding carboxylic acids is 1. The van der Waals surface area contributed by atoms with E-state index in [0.717, 1.165) is 17.4 Å². The normalized spacial score (nSPS) is 17.7. The van der Waals surface area contributed by atoms with E-state index in [0.29, 0.717) is 11.4 Å². The molecule has 0 aromatic heterocycles. The fourth-order valence-electron chi connectivity index (χ4n) is 2.82. The van der Waals surface area contributed by atoms with E-state index in [9.17, 15) is 4.79 Å². The van der Waals surface area contributed by atoms with E-state index in [1.54, 1.807) is 0 Å². The summed E-state index contributed by atoms with van der Waals surface area (Å²) in [5.74, 6) is 0.0593.